The van der Waals surface area contributed by atoms with Gasteiger partial charge in [0.2, 0.25) is 0 Å². The molecule has 0 bridgehead atoms. The van der Waals surface area contributed by atoms with Crippen LogP contribution in [0.25, 0.3) is 0 Å². The van der Waals surface area contributed by atoms with E-state index in [1.54, 1.807) is 0 Å². The number of carbonyl (C=O) groups excluding carboxylic acids is 1. The average molecular weight is 384 g/mol. The van der Waals surface area contributed by atoms with Gasteiger partial charge in [0.1, 0.15) is 0 Å². The third kappa shape index (κ3) is 19.7. The summed E-state index contributed by atoms with van der Waals surface area (Å²) in [5.74, 6) is -0.985. The van der Waals surface area contributed by atoms with Gasteiger partial charge in [0.25, 0.3) is 0 Å². The summed E-state index contributed by atoms with van der Waals surface area (Å²) in [6.07, 6.45) is 23.6. The SMILES string of the molecule is CCCCCCCCCCCCCCCCCCCC(C(=O)[O-])=C(C)C.[NH4+]. The number of rotatable bonds is 19. The van der Waals surface area contributed by atoms with Crippen LogP contribution in [0.3, 0.4) is 0 Å². The van der Waals surface area contributed by atoms with E-state index >= 15 is 0 Å². The van der Waals surface area contributed by atoms with E-state index in [0.29, 0.717) is 12.0 Å². The zero-order chi connectivity index (χ0) is 19.5. The molecule has 4 N–H and O–H groups in total. The zero-order valence-electron chi connectivity index (χ0n) is 19.0. The van der Waals surface area contributed by atoms with E-state index in [1.807, 2.05) is 13.8 Å². The maximum absolute atomic E-state index is 11.0. The first-order valence-electron chi connectivity index (χ1n) is 11.5. The van der Waals surface area contributed by atoms with Gasteiger partial charge < -0.3 is 16.1 Å². The molecule has 0 saturated heterocycles. The average Bonchev–Trinajstić information content (AvgIpc) is 2.60. The van der Waals surface area contributed by atoms with E-state index in [4.69, 9.17) is 0 Å². The van der Waals surface area contributed by atoms with Crippen LogP contribution in [-0.2, 0) is 4.79 Å². The Labute approximate surface area is 170 Å². The van der Waals surface area contributed by atoms with Crippen LogP contribution in [0, 0.1) is 0 Å². The van der Waals surface area contributed by atoms with E-state index < -0.39 is 5.97 Å². The van der Waals surface area contributed by atoms with Crippen molar-refractivity contribution in [1.82, 2.24) is 6.15 Å². The van der Waals surface area contributed by atoms with Crippen molar-refractivity contribution in [3.63, 3.8) is 0 Å². The molecule has 27 heavy (non-hydrogen) atoms. The highest BCUT2D eigenvalue weighted by atomic mass is 16.4. The monoisotopic (exact) mass is 383 g/mol. The lowest BCUT2D eigenvalue weighted by atomic mass is 10.0. The highest BCUT2D eigenvalue weighted by Crippen LogP contribution is 2.16. The van der Waals surface area contributed by atoms with Gasteiger partial charge in [-0.25, -0.2) is 0 Å². The van der Waals surface area contributed by atoms with Gasteiger partial charge in [0.05, 0.1) is 5.97 Å². The third-order valence-electron chi connectivity index (χ3n) is 5.38. The van der Waals surface area contributed by atoms with E-state index in [0.717, 1.165) is 18.4 Å². The largest absolute Gasteiger partial charge is 0.545 e. The topological polar surface area (TPSA) is 76.6 Å². The van der Waals surface area contributed by atoms with E-state index in [9.17, 15) is 9.90 Å². The molecule has 0 aliphatic rings. The molecule has 3 heteroatoms. The Bertz CT molecular complexity index is 359. The van der Waals surface area contributed by atoms with E-state index in [2.05, 4.69) is 6.92 Å². The molecule has 0 aliphatic heterocycles. The van der Waals surface area contributed by atoms with Gasteiger partial charge in [-0.15, -0.1) is 0 Å². The summed E-state index contributed by atoms with van der Waals surface area (Å²) in [5, 5.41) is 11.0. The van der Waals surface area contributed by atoms with Crippen molar-refractivity contribution >= 4 is 5.97 Å². The minimum absolute atomic E-state index is 0. The number of hydrogen-bond donors (Lipinski definition) is 1. The summed E-state index contributed by atoms with van der Waals surface area (Å²) in [6.45, 7) is 6.00. The molecule has 0 amide bonds. The van der Waals surface area contributed by atoms with E-state index in [1.165, 1.54) is 96.3 Å². The quantitative estimate of drug-likeness (QED) is 0.185. The van der Waals surface area contributed by atoms with E-state index in [-0.39, 0.29) is 6.15 Å². The summed E-state index contributed by atoms with van der Waals surface area (Å²) < 4.78 is 0. The van der Waals surface area contributed by atoms with Crippen LogP contribution in [-0.4, -0.2) is 5.97 Å². The predicted molar refractivity (Wildman–Crippen MR) is 118 cm³/mol. The Balaban J connectivity index is 0. The fraction of sp³-hybridized carbons (Fsp3) is 0.875. The van der Waals surface area contributed by atoms with Crippen LogP contribution in [0.1, 0.15) is 136 Å². The molecular weight excluding hydrogens is 334 g/mol. The smallest absolute Gasteiger partial charge is 0.0674 e. The molecule has 0 fully saturated rings. The number of quaternary nitrogens is 1. The van der Waals surface area contributed by atoms with Crippen molar-refractivity contribution in [3.05, 3.63) is 11.1 Å². The van der Waals surface area contributed by atoms with Gasteiger partial charge >= 0.3 is 0 Å². The number of hydrogen-bond acceptors (Lipinski definition) is 2. The third-order valence-corrected chi connectivity index (χ3v) is 5.38. The van der Waals surface area contributed by atoms with Gasteiger partial charge in [-0.3, -0.25) is 0 Å². The van der Waals surface area contributed by atoms with Crippen molar-refractivity contribution in [3.8, 4) is 0 Å². The fourth-order valence-electron chi connectivity index (χ4n) is 3.58. The first-order chi connectivity index (χ1) is 12.6. The molecule has 0 rings (SSSR count). The van der Waals surface area contributed by atoms with Gasteiger partial charge in [-0.2, -0.15) is 0 Å². The molecule has 0 aromatic carbocycles. The summed E-state index contributed by atoms with van der Waals surface area (Å²) in [5.41, 5.74) is 1.40. The molecule has 0 atom stereocenters. The Hall–Kier alpha value is -0.830. The van der Waals surface area contributed by atoms with Crippen molar-refractivity contribution < 1.29 is 9.90 Å². The summed E-state index contributed by atoms with van der Waals surface area (Å²) in [6, 6.07) is 0. The lowest BCUT2D eigenvalue weighted by Gasteiger charge is -2.10. The minimum Gasteiger partial charge on any atom is -0.545 e. The first-order valence-corrected chi connectivity index (χ1v) is 11.5. The molecule has 0 spiro atoms. The van der Waals surface area contributed by atoms with Gasteiger partial charge in [-0.05, 0) is 32.3 Å². The molecule has 0 saturated carbocycles. The molecule has 0 aliphatic carbocycles. The molecule has 162 valence electrons. The normalized spacial score (nSPS) is 10.5. The molecule has 0 aromatic rings. The van der Waals surface area contributed by atoms with Gasteiger partial charge in [0, 0.05) is 0 Å². The number of unbranched alkanes of at least 4 members (excludes halogenated alkanes) is 16. The minimum atomic E-state index is -0.985. The molecule has 0 heterocycles. The van der Waals surface area contributed by atoms with Crippen molar-refractivity contribution in [1.29, 1.82) is 0 Å². The summed E-state index contributed by atoms with van der Waals surface area (Å²) in [7, 11) is 0. The number of aliphatic carboxylic acids is 1. The molecule has 0 aromatic heterocycles. The van der Waals surface area contributed by atoms with Crippen LogP contribution in [0.5, 0.6) is 0 Å². The van der Waals surface area contributed by atoms with Crippen LogP contribution >= 0.6 is 0 Å². The van der Waals surface area contributed by atoms with Crippen LogP contribution < -0.4 is 11.3 Å². The van der Waals surface area contributed by atoms with Crippen molar-refractivity contribution in [2.75, 3.05) is 0 Å². The molecule has 0 unspecified atom stereocenters. The zero-order valence-corrected chi connectivity index (χ0v) is 19.0. The second-order valence-electron chi connectivity index (χ2n) is 8.17. The number of allylic oxidation sites excluding steroid dienone is 1. The fourth-order valence-corrected chi connectivity index (χ4v) is 3.58. The predicted octanol–water partition coefficient (Wildman–Crippen LogP) is 7.49. The van der Waals surface area contributed by atoms with Gasteiger partial charge in [-0.1, -0.05) is 115 Å². The number of carboxylic acid groups (broad SMARTS) is 1. The summed E-state index contributed by atoms with van der Waals surface area (Å²) >= 11 is 0. The Morgan fingerprint density at radius 3 is 1.15 bits per heavy atom. The number of carbonyl (C=O) groups is 1. The Morgan fingerprint density at radius 1 is 0.593 bits per heavy atom. The Morgan fingerprint density at radius 2 is 0.889 bits per heavy atom. The maximum Gasteiger partial charge on any atom is 0.0674 e. The van der Waals surface area contributed by atoms with Gasteiger partial charge in [0.15, 0.2) is 0 Å². The molecule has 0 radical (unpaired) electrons. The molecule has 3 nitrogen and oxygen atoms in total. The highest BCUT2D eigenvalue weighted by molar-refractivity contribution is 5.85. The maximum atomic E-state index is 11.0. The van der Waals surface area contributed by atoms with Crippen molar-refractivity contribution in [2.45, 2.75) is 136 Å². The van der Waals surface area contributed by atoms with Crippen LogP contribution in [0.2, 0.25) is 0 Å². The van der Waals surface area contributed by atoms with Crippen molar-refractivity contribution in [2.24, 2.45) is 0 Å². The first kappa shape index (κ1) is 28.4. The second kappa shape index (κ2) is 21.5. The second-order valence-corrected chi connectivity index (χ2v) is 8.17. The standard InChI is InChI=1S/C24H46O2.H3N/c1-4-5-6-7-8-9-10-11-12-13-14-15-16-17-18-19-20-21-23(22(2)3)24(25)26;/h4-21H2,1-3H3,(H,25,26);1H3. The lowest BCUT2D eigenvalue weighted by molar-refractivity contribution is -0.299. The van der Waals surface area contributed by atoms with Crippen LogP contribution in [0.15, 0.2) is 11.1 Å². The summed E-state index contributed by atoms with van der Waals surface area (Å²) in [4.78, 5) is 11.0. The molecular formula is C24H49NO2. The Kier molecular flexibility index (Phi) is 22.6. The lowest BCUT2D eigenvalue weighted by Crippen LogP contribution is -2.25. The van der Waals surface area contributed by atoms with Crippen LogP contribution in [0.4, 0.5) is 0 Å². The highest BCUT2D eigenvalue weighted by Gasteiger charge is 2.01. The number of carboxylic acids is 1.